The van der Waals surface area contributed by atoms with Crippen molar-refractivity contribution in [2.75, 3.05) is 117 Å². The minimum atomic E-state index is -1.55. The molecule has 2 fully saturated rings. The number of nitrogens with one attached hydrogen (secondary N) is 7. The van der Waals surface area contributed by atoms with Crippen molar-refractivity contribution in [1.29, 1.82) is 0 Å². The van der Waals surface area contributed by atoms with Crippen molar-refractivity contribution in [1.82, 2.24) is 42.1 Å². The summed E-state index contributed by atoms with van der Waals surface area (Å²) in [7, 11) is 0. The van der Waals surface area contributed by atoms with Gasteiger partial charge in [-0.3, -0.25) is 28.8 Å². The minimum absolute atomic E-state index is 0.0307. The zero-order chi connectivity index (χ0) is 78.1. The first-order valence-corrected chi connectivity index (χ1v) is 39.3. The second-order valence-corrected chi connectivity index (χ2v) is 30.4. The Kier molecular flexibility index (Phi) is 39.8. The summed E-state index contributed by atoms with van der Waals surface area (Å²) in [6.07, 6.45) is -10.6. The molecule has 0 bridgehead atoms. The molecule has 16 atom stereocenters. The van der Waals surface area contributed by atoms with E-state index in [1.807, 2.05) is 4.90 Å². The molecule has 0 radical (unpaired) electrons. The lowest BCUT2D eigenvalue weighted by atomic mass is 9.93. The van der Waals surface area contributed by atoms with Gasteiger partial charge in [-0.05, 0) is 72.1 Å². The van der Waals surface area contributed by atoms with Gasteiger partial charge in [-0.15, -0.1) is 23.5 Å². The molecule has 0 aromatic carbocycles. The fourth-order valence-electron chi connectivity index (χ4n) is 12.5. The number of carbonyl (C=O) groups is 7. The maximum atomic E-state index is 12.9. The number of rotatable bonds is 47. The fourth-order valence-corrected chi connectivity index (χ4v) is 14.8. The van der Waals surface area contributed by atoms with E-state index in [4.69, 9.17) is 42.6 Å². The van der Waals surface area contributed by atoms with Crippen molar-refractivity contribution in [2.45, 2.75) is 252 Å². The molecule has 0 aromatic rings. The van der Waals surface area contributed by atoms with Crippen molar-refractivity contribution in [2.24, 2.45) is 0 Å². The highest BCUT2D eigenvalue weighted by atomic mass is 32.2. The maximum absolute atomic E-state index is 12.9. The van der Waals surface area contributed by atoms with Crippen LogP contribution in [-0.2, 0) is 71.4 Å². The Bertz CT molecular complexity index is 2670. The number of thioether (sulfide) groups is 2. The summed E-state index contributed by atoms with van der Waals surface area (Å²) in [6, 6.07) is 0. The van der Waals surface area contributed by atoms with Crippen LogP contribution in [0.3, 0.4) is 0 Å². The van der Waals surface area contributed by atoms with Crippen LogP contribution in [0.2, 0.25) is 0 Å². The average molecular weight is 1570 g/mol. The Morgan fingerprint density at radius 1 is 0.477 bits per heavy atom. The van der Waals surface area contributed by atoms with Crippen LogP contribution in [-0.4, -0.2) is 327 Å². The minimum Gasteiger partial charge on any atom is -0.462 e. The average Bonchev–Trinajstić information content (AvgIpc) is 0.753. The highest BCUT2D eigenvalue weighted by molar-refractivity contribution is 8.03. The largest absolute Gasteiger partial charge is 0.462 e. The van der Waals surface area contributed by atoms with Crippen LogP contribution in [0.1, 0.15) is 149 Å². The van der Waals surface area contributed by atoms with Gasteiger partial charge in [0.1, 0.15) is 78.2 Å². The van der Waals surface area contributed by atoms with Crippen LogP contribution in [0.4, 0.5) is 4.79 Å². The second-order valence-electron chi connectivity index (χ2n) is 28.4. The van der Waals surface area contributed by atoms with Crippen LogP contribution in [0, 0.1) is 0 Å². The Morgan fingerprint density at radius 2 is 0.832 bits per heavy atom. The zero-order valence-corrected chi connectivity index (χ0v) is 63.2. The number of unbranched alkanes of at least 4 members (excludes halogenated alkanes) is 8. The molecule has 36 nitrogen and oxygen atoms in total. The zero-order valence-electron chi connectivity index (χ0n) is 61.6. The van der Waals surface area contributed by atoms with Gasteiger partial charge in [-0.2, -0.15) is 0 Å². The van der Waals surface area contributed by atoms with Gasteiger partial charge in [0.2, 0.25) is 47.0 Å². The number of aliphatic hydroxyl groups is 12. The Labute approximate surface area is 632 Å². The number of nitrogens with zero attached hydrogens (tertiary/aromatic N) is 1. The lowest BCUT2D eigenvalue weighted by Gasteiger charge is -2.50. The van der Waals surface area contributed by atoms with E-state index in [0.717, 1.165) is 25.7 Å². The fraction of sp³-hybridized carbons (Fsp3) is 0.841. The molecule has 0 aliphatic carbocycles. The van der Waals surface area contributed by atoms with Crippen molar-refractivity contribution in [3.05, 3.63) is 21.3 Å². The van der Waals surface area contributed by atoms with Crippen LogP contribution < -0.4 is 37.2 Å². The third-order valence-corrected chi connectivity index (χ3v) is 20.9. The maximum Gasteiger partial charge on any atom is 0.407 e. The summed E-state index contributed by atoms with van der Waals surface area (Å²) in [5, 5.41) is 143. The van der Waals surface area contributed by atoms with Crippen LogP contribution in [0.5, 0.6) is 0 Å². The molecule has 0 unspecified atom stereocenters. The van der Waals surface area contributed by atoms with Gasteiger partial charge in [0.25, 0.3) is 0 Å². The molecule has 6 rings (SSSR count). The summed E-state index contributed by atoms with van der Waals surface area (Å²) in [5.41, 5.74) is -0.712. The Balaban J connectivity index is 0.744. The van der Waals surface area contributed by atoms with E-state index < -0.39 is 136 Å². The van der Waals surface area contributed by atoms with E-state index in [9.17, 15) is 94.8 Å². The quantitative estimate of drug-likeness (QED) is 0.0267. The smallest absolute Gasteiger partial charge is 0.407 e. The monoisotopic (exact) mass is 1570 g/mol. The van der Waals surface area contributed by atoms with Crippen LogP contribution in [0.25, 0.3) is 0 Å². The standard InChI is InChI=1S/C69H118N8O28S2/c1-67(2,3)105-66(96)76-28-31-77(29-20-52(90)74-26-24-72-50(88)18-10-8-16-48(86)70-22-12-4-6-14-32-97-64-62-60(56(94)46(38-80)99-64)103-68(40-106-62)34-42(82)54(92)58(101-68)44(84)36-78)30-21-53(91)75-27-25-73-51(89)19-11-9-17-49(87)71-23-13-5-7-15-33-98-65-63-61(57(95)47(39-81)100-65)104-69(41-107-63)35-43(83)55(93)59(102-69)45(85)37-79/h42-47,54-59,64-65,78-85,92-95H,4-41H2,1-3H3,(H,70,86)(H,71,87)(H,72,88)(H,73,89)(H,74,90)(H,75,91)(H,76,96)/t42-,43-,44+,45+,46+,47+,54-,55-,56-,57-,58-,59-,64-,65-,68-,69-/m0/s1. The van der Waals surface area contributed by atoms with E-state index in [1.165, 1.54) is 23.5 Å². The SMILES string of the molecule is CC(C)(C)OC(=O)NCCN(CCC(=O)NCCNC(=O)CCCCC(=O)NCCCCCCO[C@H]1O[C@H](CO)[C@H](O)C2=C1SC[C@]1(C[C@H](O)[C@H](O)[C@H]([C@H](O)CO)O1)O2)CCC(=O)NCCNC(=O)CCCCC(=O)NCCCCCCO[C@H]1O[C@H](CO)[C@H](O)C2=C1SC[C@]1(C[C@H](O)[C@H](O)[C@H]([C@H](O)CO)O1)O2. The topological polar surface area (TPSA) is 533 Å². The first kappa shape index (κ1) is 91.0. The predicted octanol–water partition coefficient (Wildman–Crippen LogP) is -3.21. The van der Waals surface area contributed by atoms with Crippen molar-refractivity contribution in [3.63, 3.8) is 0 Å². The third kappa shape index (κ3) is 30.6. The molecular weight excluding hydrogens is 1450 g/mol. The van der Waals surface area contributed by atoms with Gasteiger partial charge >= 0.3 is 6.09 Å². The van der Waals surface area contributed by atoms with Crippen molar-refractivity contribution < 1.29 is 137 Å². The summed E-state index contributed by atoms with van der Waals surface area (Å²) in [5.74, 6) is -4.17. The van der Waals surface area contributed by atoms with E-state index in [1.54, 1.807) is 20.8 Å². The highest BCUT2D eigenvalue weighted by Crippen LogP contribution is 2.49. The van der Waals surface area contributed by atoms with Gasteiger partial charge in [0, 0.05) is 117 Å². The highest BCUT2D eigenvalue weighted by Gasteiger charge is 2.57. The number of alkyl carbamates (subject to hydrolysis) is 1. The molecule has 19 N–H and O–H groups in total. The van der Waals surface area contributed by atoms with Crippen LogP contribution >= 0.6 is 23.5 Å². The van der Waals surface area contributed by atoms with Crippen molar-refractivity contribution in [3.8, 4) is 0 Å². The number of amides is 7. The van der Waals surface area contributed by atoms with E-state index >= 15 is 0 Å². The molecule has 6 aliphatic rings. The number of carbonyl (C=O) groups excluding carboxylic acids is 7. The van der Waals surface area contributed by atoms with Gasteiger partial charge in [0.05, 0.1) is 73.2 Å². The normalized spacial score (nSPS) is 27.7. The lowest BCUT2D eigenvalue weighted by Crippen LogP contribution is -2.62. The molecule has 2 saturated heterocycles. The van der Waals surface area contributed by atoms with Gasteiger partial charge < -0.3 is 146 Å². The third-order valence-electron chi connectivity index (χ3n) is 18.3. The molecule has 107 heavy (non-hydrogen) atoms. The Hall–Kier alpha value is -4.89. The molecule has 2 spiro atoms. The lowest BCUT2D eigenvalue weighted by molar-refractivity contribution is -0.320. The molecular formula is C69H118N8O28S2. The van der Waals surface area contributed by atoms with E-state index in [-0.39, 0.29) is 169 Å². The Morgan fingerprint density at radius 3 is 1.19 bits per heavy atom. The molecule has 0 saturated carbocycles. The summed E-state index contributed by atoms with van der Waals surface area (Å²) < 4.78 is 53.1. The molecule has 7 amide bonds. The molecule has 6 heterocycles. The van der Waals surface area contributed by atoms with E-state index in [2.05, 4.69) is 37.2 Å². The number of hydrogen-bond donors (Lipinski definition) is 19. The summed E-state index contributed by atoms with van der Waals surface area (Å²) >= 11 is 2.39. The molecule has 0 aromatic heterocycles. The summed E-state index contributed by atoms with van der Waals surface area (Å²) in [4.78, 5) is 90.8. The van der Waals surface area contributed by atoms with Gasteiger partial charge in [-0.25, -0.2) is 4.79 Å². The number of hydrogen-bond acceptors (Lipinski definition) is 31. The van der Waals surface area contributed by atoms with Gasteiger partial charge in [-0.1, -0.05) is 25.7 Å². The number of ether oxygens (including phenoxy) is 9. The first-order valence-electron chi connectivity index (χ1n) is 37.3. The first-order chi connectivity index (χ1) is 51.1. The second kappa shape index (κ2) is 46.8. The summed E-state index contributed by atoms with van der Waals surface area (Å²) in [6.45, 7) is 5.81. The van der Waals surface area contributed by atoms with Gasteiger partial charge in [0.15, 0.2) is 12.6 Å². The molecule has 38 heteroatoms. The molecule has 614 valence electrons. The molecule has 6 aliphatic heterocycles. The predicted molar refractivity (Wildman–Crippen MR) is 383 cm³/mol. The van der Waals surface area contributed by atoms with Crippen LogP contribution in [0.15, 0.2) is 21.3 Å². The van der Waals surface area contributed by atoms with E-state index in [0.29, 0.717) is 80.8 Å². The van der Waals surface area contributed by atoms with Crippen molar-refractivity contribution >= 4 is 65.1 Å². The number of aliphatic hydroxyl groups excluding tert-OH is 12.